The summed E-state index contributed by atoms with van der Waals surface area (Å²) >= 11 is 0. The van der Waals surface area contributed by atoms with Gasteiger partial charge in [0, 0.05) is 11.1 Å². The van der Waals surface area contributed by atoms with Crippen LogP contribution in [0.3, 0.4) is 0 Å². The maximum atomic E-state index is 12.6. The van der Waals surface area contributed by atoms with Crippen LogP contribution in [0.2, 0.25) is 0 Å². The number of carbonyl (C=O) groups is 1. The minimum atomic E-state index is -0.786. The molecule has 0 radical (unpaired) electrons. The molecule has 136 valence electrons. The molecule has 0 heterocycles. The van der Waals surface area contributed by atoms with Crippen LogP contribution in [0.1, 0.15) is 28.4 Å². The van der Waals surface area contributed by atoms with Crippen LogP contribution in [0.25, 0.3) is 22.3 Å². The van der Waals surface area contributed by atoms with Crippen LogP contribution in [-0.4, -0.2) is 17.7 Å². The molecule has 0 aromatic heterocycles. The van der Waals surface area contributed by atoms with Gasteiger partial charge < -0.3 is 9.84 Å². The van der Waals surface area contributed by atoms with Gasteiger partial charge in [-0.3, -0.25) is 0 Å². The third-order valence-corrected chi connectivity index (χ3v) is 4.30. The fourth-order valence-electron chi connectivity index (χ4n) is 3.15. The van der Waals surface area contributed by atoms with E-state index in [0.717, 1.165) is 0 Å². The highest BCUT2D eigenvalue weighted by atomic mass is 16.5. The molecular weight excluding hydrogens is 352 g/mol. The van der Waals surface area contributed by atoms with Crippen LogP contribution in [-0.2, 0) is 4.74 Å². The molecule has 0 aliphatic rings. The number of ether oxygens (including phenoxy) is 1. The summed E-state index contributed by atoms with van der Waals surface area (Å²) in [4.78, 5) is 12.6. The van der Waals surface area contributed by atoms with E-state index in [0.29, 0.717) is 11.1 Å². The molecule has 3 aromatic carbocycles. The fraction of sp³-hybridized carbons (Fsp3) is 0.0870. The van der Waals surface area contributed by atoms with Crippen molar-refractivity contribution in [3.63, 3.8) is 0 Å². The Kier molecular flexibility index (Phi) is 5.39. The van der Waals surface area contributed by atoms with Gasteiger partial charge in [-0.2, -0.15) is 10.5 Å². The molecule has 3 rings (SSSR count). The molecule has 28 heavy (non-hydrogen) atoms. The van der Waals surface area contributed by atoms with Gasteiger partial charge in [0.05, 0.1) is 12.2 Å². The van der Waals surface area contributed by atoms with Crippen molar-refractivity contribution in [3.8, 4) is 40.1 Å². The number of nitriles is 2. The molecule has 0 amide bonds. The summed E-state index contributed by atoms with van der Waals surface area (Å²) in [6.45, 7) is 1.74. The summed E-state index contributed by atoms with van der Waals surface area (Å²) in [5.74, 6) is -1.27. The first-order valence-corrected chi connectivity index (χ1v) is 8.65. The number of carbonyl (C=O) groups excluding carboxylic acids is 1. The Balaban J connectivity index is 2.52. The Morgan fingerprint density at radius 1 is 0.893 bits per heavy atom. The first-order chi connectivity index (χ1) is 13.6. The van der Waals surface area contributed by atoms with E-state index in [1.54, 1.807) is 61.5 Å². The lowest BCUT2D eigenvalue weighted by Gasteiger charge is -2.18. The summed E-state index contributed by atoms with van der Waals surface area (Å²) in [7, 11) is 0. The Morgan fingerprint density at radius 3 is 1.86 bits per heavy atom. The average molecular weight is 368 g/mol. The van der Waals surface area contributed by atoms with Crippen LogP contribution in [0.4, 0.5) is 0 Å². The van der Waals surface area contributed by atoms with Crippen molar-refractivity contribution >= 4 is 5.97 Å². The molecule has 0 fully saturated rings. The molecule has 0 atom stereocenters. The highest BCUT2D eigenvalue weighted by Crippen LogP contribution is 2.43. The second-order valence-corrected chi connectivity index (χ2v) is 5.90. The first-order valence-electron chi connectivity index (χ1n) is 8.65. The van der Waals surface area contributed by atoms with Crippen molar-refractivity contribution in [2.45, 2.75) is 6.92 Å². The highest BCUT2D eigenvalue weighted by Gasteiger charge is 2.30. The maximum Gasteiger partial charge on any atom is 0.342 e. The monoisotopic (exact) mass is 368 g/mol. The number of hydrogen-bond donors (Lipinski definition) is 1. The predicted octanol–water partition coefficient (Wildman–Crippen LogP) is 4.65. The Morgan fingerprint density at radius 2 is 1.39 bits per heavy atom. The lowest BCUT2D eigenvalue weighted by Crippen LogP contribution is -2.10. The van der Waals surface area contributed by atoms with Crippen molar-refractivity contribution in [2.24, 2.45) is 0 Å². The largest absolute Gasteiger partial charge is 0.506 e. The molecule has 0 spiro atoms. The van der Waals surface area contributed by atoms with Crippen molar-refractivity contribution < 1.29 is 14.6 Å². The van der Waals surface area contributed by atoms with Crippen LogP contribution >= 0.6 is 0 Å². The molecule has 5 nitrogen and oxygen atoms in total. The van der Waals surface area contributed by atoms with Gasteiger partial charge in [0.25, 0.3) is 0 Å². The SMILES string of the molecule is CCOC(=O)c1c(O)c(C#N)c(-c2ccccc2)c(C#N)c1-c1ccccc1. The summed E-state index contributed by atoms with van der Waals surface area (Å²) in [5.41, 5.74) is 1.52. The molecular formula is C23H16N2O3. The van der Waals surface area contributed by atoms with Gasteiger partial charge in [-0.05, 0) is 18.1 Å². The predicted molar refractivity (Wildman–Crippen MR) is 104 cm³/mol. The first kappa shape index (κ1) is 18.7. The van der Waals surface area contributed by atoms with E-state index in [9.17, 15) is 20.4 Å². The van der Waals surface area contributed by atoms with Crippen LogP contribution in [0.5, 0.6) is 5.75 Å². The summed E-state index contributed by atoms with van der Waals surface area (Å²) in [5, 5.41) is 30.5. The lowest BCUT2D eigenvalue weighted by atomic mass is 9.84. The molecule has 0 saturated heterocycles. The van der Waals surface area contributed by atoms with E-state index in [1.165, 1.54) is 0 Å². The highest BCUT2D eigenvalue weighted by molar-refractivity contribution is 6.05. The third-order valence-electron chi connectivity index (χ3n) is 4.30. The molecule has 1 N–H and O–H groups in total. The number of hydrogen-bond acceptors (Lipinski definition) is 5. The van der Waals surface area contributed by atoms with Crippen molar-refractivity contribution in [1.82, 2.24) is 0 Å². The zero-order valence-electron chi connectivity index (χ0n) is 15.1. The average Bonchev–Trinajstić information content (AvgIpc) is 2.74. The van der Waals surface area contributed by atoms with Crippen LogP contribution < -0.4 is 0 Å². The van der Waals surface area contributed by atoms with Crippen LogP contribution in [0.15, 0.2) is 60.7 Å². The number of rotatable bonds is 4. The van der Waals surface area contributed by atoms with Crippen molar-refractivity contribution in [2.75, 3.05) is 6.61 Å². The van der Waals surface area contributed by atoms with E-state index >= 15 is 0 Å². The van der Waals surface area contributed by atoms with Gasteiger partial charge in [-0.15, -0.1) is 0 Å². The molecule has 0 unspecified atom stereocenters. The van der Waals surface area contributed by atoms with Gasteiger partial charge in [0.1, 0.15) is 29.0 Å². The maximum absolute atomic E-state index is 12.6. The van der Waals surface area contributed by atoms with E-state index in [-0.39, 0.29) is 34.4 Å². The summed E-state index contributed by atoms with van der Waals surface area (Å²) in [6.07, 6.45) is 0. The molecule has 0 aliphatic heterocycles. The van der Waals surface area contributed by atoms with E-state index in [1.807, 2.05) is 12.1 Å². The molecule has 0 saturated carbocycles. The summed E-state index contributed by atoms with van der Waals surface area (Å²) in [6, 6.07) is 21.7. The second-order valence-electron chi connectivity index (χ2n) is 5.90. The molecule has 0 aliphatic carbocycles. The second kappa shape index (κ2) is 8.07. The normalized spacial score (nSPS) is 9.96. The topological polar surface area (TPSA) is 94.1 Å². The summed E-state index contributed by atoms with van der Waals surface area (Å²) < 4.78 is 5.10. The minimum Gasteiger partial charge on any atom is -0.506 e. The number of esters is 1. The van der Waals surface area contributed by atoms with Crippen LogP contribution in [0, 0.1) is 22.7 Å². The Hall–Kier alpha value is -4.09. The number of phenolic OH excluding ortho intramolecular Hbond substituents is 1. The fourth-order valence-corrected chi connectivity index (χ4v) is 3.15. The number of phenols is 1. The van der Waals surface area contributed by atoms with E-state index < -0.39 is 11.7 Å². The van der Waals surface area contributed by atoms with Crippen molar-refractivity contribution in [3.05, 3.63) is 77.4 Å². The number of aromatic hydroxyl groups is 1. The van der Waals surface area contributed by atoms with Crippen molar-refractivity contribution in [1.29, 1.82) is 10.5 Å². The smallest absolute Gasteiger partial charge is 0.342 e. The van der Waals surface area contributed by atoms with Gasteiger partial charge in [-0.1, -0.05) is 60.7 Å². The molecule has 0 bridgehead atoms. The van der Waals surface area contributed by atoms with Gasteiger partial charge in [0.15, 0.2) is 0 Å². The zero-order valence-corrected chi connectivity index (χ0v) is 15.1. The van der Waals surface area contributed by atoms with Gasteiger partial charge in [-0.25, -0.2) is 4.79 Å². The van der Waals surface area contributed by atoms with Gasteiger partial charge >= 0.3 is 5.97 Å². The van der Waals surface area contributed by atoms with E-state index in [2.05, 4.69) is 6.07 Å². The zero-order chi connectivity index (χ0) is 20.1. The number of benzene rings is 3. The molecule has 3 aromatic rings. The molecule has 5 heteroatoms. The Labute approximate surface area is 162 Å². The number of nitrogens with zero attached hydrogens (tertiary/aromatic N) is 2. The standard InChI is InChI=1S/C23H16N2O3/c1-2-28-23(27)21-20(16-11-7-4-8-12-16)17(13-24)19(18(14-25)22(21)26)15-9-5-3-6-10-15/h3-12,26H,2H2,1H3. The minimum absolute atomic E-state index is 0.0940. The third kappa shape index (κ3) is 3.18. The van der Waals surface area contributed by atoms with Gasteiger partial charge in [0.2, 0.25) is 0 Å². The lowest BCUT2D eigenvalue weighted by molar-refractivity contribution is 0.0524. The Bertz CT molecular complexity index is 1110. The quantitative estimate of drug-likeness (QED) is 0.677. The van der Waals surface area contributed by atoms with E-state index in [4.69, 9.17) is 4.74 Å².